The molecule has 0 aliphatic heterocycles. The number of aromatic nitrogens is 4. The molecule has 128 valence electrons. The normalized spacial score (nSPS) is 15.2. The van der Waals surface area contributed by atoms with E-state index in [0.29, 0.717) is 11.3 Å². The Hall–Kier alpha value is -2.96. The van der Waals surface area contributed by atoms with Crippen LogP contribution in [0.15, 0.2) is 47.7 Å². The predicted octanol–water partition coefficient (Wildman–Crippen LogP) is 1.40. The first-order valence-corrected chi connectivity index (χ1v) is 8.35. The van der Waals surface area contributed by atoms with Gasteiger partial charge in [0.1, 0.15) is 12.4 Å². The molecule has 1 fully saturated rings. The molecule has 1 aromatic carbocycles. The van der Waals surface area contributed by atoms with Gasteiger partial charge in [0, 0.05) is 24.8 Å². The molecule has 7 nitrogen and oxygen atoms in total. The standard InChI is InChI=1S/C18H19N5O2/c1-22-9-8-19-17(22)16(12-6-7-12)21-15(24)11-23-18(25)14-5-3-2-4-13(14)10-20-23/h2-5,8-10,12,16H,6-7,11H2,1H3,(H,21,24). The zero-order valence-corrected chi connectivity index (χ0v) is 13.9. The maximum absolute atomic E-state index is 12.5. The number of nitrogens with zero attached hydrogens (tertiary/aromatic N) is 4. The average molecular weight is 337 g/mol. The Morgan fingerprint density at radius 2 is 2.16 bits per heavy atom. The van der Waals surface area contributed by atoms with Gasteiger partial charge in [-0.1, -0.05) is 18.2 Å². The van der Waals surface area contributed by atoms with Gasteiger partial charge in [0.25, 0.3) is 5.56 Å². The van der Waals surface area contributed by atoms with Gasteiger partial charge in [0.15, 0.2) is 0 Å². The van der Waals surface area contributed by atoms with Crippen molar-refractivity contribution in [3.05, 3.63) is 59.0 Å². The monoisotopic (exact) mass is 337 g/mol. The summed E-state index contributed by atoms with van der Waals surface area (Å²) in [7, 11) is 1.92. The van der Waals surface area contributed by atoms with Crippen molar-refractivity contribution in [1.82, 2.24) is 24.6 Å². The van der Waals surface area contributed by atoms with E-state index < -0.39 is 0 Å². The molecular formula is C18H19N5O2. The first-order chi connectivity index (χ1) is 12.1. The lowest BCUT2D eigenvalue weighted by atomic mass is 10.1. The lowest BCUT2D eigenvalue weighted by Crippen LogP contribution is -2.37. The number of rotatable bonds is 5. The lowest BCUT2D eigenvalue weighted by Gasteiger charge is -2.18. The molecule has 1 saturated carbocycles. The molecule has 1 atom stereocenters. The van der Waals surface area contributed by atoms with E-state index in [9.17, 15) is 9.59 Å². The van der Waals surface area contributed by atoms with Crippen molar-refractivity contribution in [3.8, 4) is 0 Å². The second kappa shape index (κ2) is 6.16. The Morgan fingerprint density at radius 1 is 1.36 bits per heavy atom. The van der Waals surface area contributed by atoms with Crippen molar-refractivity contribution in [1.29, 1.82) is 0 Å². The van der Waals surface area contributed by atoms with Crippen LogP contribution in [-0.4, -0.2) is 25.2 Å². The predicted molar refractivity (Wildman–Crippen MR) is 92.8 cm³/mol. The van der Waals surface area contributed by atoms with Crippen LogP contribution < -0.4 is 10.9 Å². The minimum Gasteiger partial charge on any atom is -0.344 e. The van der Waals surface area contributed by atoms with Gasteiger partial charge in [-0.3, -0.25) is 9.59 Å². The van der Waals surface area contributed by atoms with E-state index >= 15 is 0 Å². The summed E-state index contributed by atoms with van der Waals surface area (Å²) in [6.45, 7) is -0.0999. The van der Waals surface area contributed by atoms with Gasteiger partial charge in [0.05, 0.1) is 17.6 Å². The van der Waals surface area contributed by atoms with Crippen LogP contribution >= 0.6 is 0 Å². The molecule has 0 radical (unpaired) electrons. The molecule has 1 aliphatic rings. The van der Waals surface area contributed by atoms with Crippen molar-refractivity contribution in [2.45, 2.75) is 25.4 Å². The molecule has 7 heteroatoms. The maximum Gasteiger partial charge on any atom is 0.275 e. The zero-order chi connectivity index (χ0) is 17.4. The Morgan fingerprint density at radius 3 is 2.88 bits per heavy atom. The number of aryl methyl sites for hydroxylation is 1. The first-order valence-electron chi connectivity index (χ1n) is 8.35. The van der Waals surface area contributed by atoms with E-state index in [1.54, 1.807) is 24.5 Å². The highest BCUT2D eigenvalue weighted by molar-refractivity contribution is 5.81. The third-order valence-corrected chi connectivity index (χ3v) is 4.60. The number of carbonyl (C=O) groups excluding carboxylic acids is 1. The summed E-state index contributed by atoms with van der Waals surface area (Å²) in [4.78, 5) is 29.3. The van der Waals surface area contributed by atoms with Gasteiger partial charge >= 0.3 is 0 Å². The first kappa shape index (κ1) is 15.6. The van der Waals surface area contributed by atoms with Crippen molar-refractivity contribution in [3.63, 3.8) is 0 Å². The van der Waals surface area contributed by atoms with Gasteiger partial charge in [-0.2, -0.15) is 5.10 Å². The zero-order valence-electron chi connectivity index (χ0n) is 13.9. The number of nitrogens with one attached hydrogen (secondary N) is 1. The number of amides is 1. The van der Waals surface area contributed by atoms with Gasteiger partial charge in [-0.25, -0.2) is 9.67 Å². The molecule has 2 aromatic heterocycles. The molecule has 1 unspecified atom stereocenters. The minimum absolute atomic E-state index is 0.0999. The van der Waals surface area contributed by atoms with E-state index in [2.05, 4.69) is 15.4 Å². The van der Waals surface area contributed by atoms with Crippen LogP contribution in [0.3, 0.4) is 0 Å². The molecule has 3 aromatic rings. The SMILES string of the molecule is Cn1ccnc1C(NC(=O)Cn1ncc2ccccc2c1=O)C1CC1. The van der Waals surface area contributed by atoms with Crippen LogP contribution in [0.25, 0.3) is 10.8 Å². The summed E-state index contributed by atoms with van der Waals surface area (Å²) in [5, 5.41) is 8.48. The molecule has 25 heavy (non-hydrogen) atoms. The summed E-state index contributed by atoms with van der Waals surface area (Å²) in [6.07, 6.45) is 7.36. The third kappa shape index (κ3) is 3.05. The average Bonchev–Trinajstić information content (AvgIpc) is 3.37. The number of hydrogen-bond donors (Lipinski definition) is 1. The molecular weight excluding hydrogens is 318 g/mol. The smallest absolute Gasteiger partial charge is 0.275 e. The lowest BCUT2D eigenvalue weighted by molar-refractivity contribution is -0.122. The Balaban J connectivity index is 1.55. The highest BCUT2D eigenvalue weighted by Gasteiger charge is 2.35. The fourth-order valence-electron chi connectivity index (χ4n) is 3.10. The summed E-state index contributed by atoms with van der Waals surface area (Å²) in [5.41, 5.74) is -0.256. The second-order valence-electron chi connectivity index (χ2n) is 6.47. The van der Waals surface area contributed by atoms with Crippen LogP contribution in [-0.2, 0) is 18.4 Å². The molecule has 4 rings (SSSR count). The quantitative estimate of drug-likeness (QED) is 0.763. The molecule has 1 amide bonds. The van der Waals surface area contributed by atoms with Crippen molar-refractivity contribution >= 4 is 16.7 Å². The fourth-order valence-corrected chi connectivity index (χ4v) is 3.10. The Bertz CT molecular complexity index is 986. The molecule has 0 bridgehead atoms. The van der Waals surface area contributed by atoms with Gasteiger partial charge in [-0.05, 0) is 24.8 Å². The van der Waals surface area contributed by atoms with Gasteiger partial charge in [0.2, 0.25) is 5.91 Å². The summed E-state index contributed by atoms with van der Waals surface area (Å²) in [5.74, 6) is 1.02. The minimum atomic E-state index is -0.256. The van der Waals surface area contributed by atoms with Crippen LogP contribution in [0, 0.1) is 5.92 Å². The second-order valence-corrected chi connectivity index (χ2v) is 6.47. The Kier molecular flexibility index (Phi) is 3.83. The number of benzene rings is 1. The van der Waals surface area contributed by atoms with Crippen LogP contribution in [0.5, 0.6) is 0 Å². The Labute approximate surface area is 144 Å². The number of fused-ring (bicyclic) bond motifs is 1. The maximum atomic E-state index is 12.5. The fraction of sp³-hybridized carbons (Fsp3) is 0.333. The van der Waals surface area contributed by atoms with E-state index in [4.69, 9.17) is 0 Å². The van der Waals surface area contributed by atoms with Crippen LogP contribution in [0.4, 0.5) is 0 Å². The van der Waals surface area contributed by atoms with Crippen molar-refractivity contribution in [2.24, 2.45) is 13.0 Å². The van der Waals surface area contributed by atoms with E-state index in [0.717, 1.165) is 24.1 Å². The topological polar surface area (TPSA) is 81.8 Å². The molecule has 0 spiro atoms. The van der Waals surface area contributed by atoms with Crippen LogP contribution in [0.1, 0.15) is 24.7 Å². The third-order valence-electron chi connectivity index (χ3n) is 4.60. The molecule has 2 heterocycles. The van der Waals surface area contributed by atoms with Gasteiger partial charge < -0.3 is 9.88 Å². The van der Waals surface area contributed by atoms with E-state index in [-0.39, 0.29) is 24.1 Å². The van der Waals surface area contributed by atoms with Crippen molar-refractivity contribution in [2.75, 3.05) is 0 Å². The van der Waals surface area contributed by atoms with Crippen LogP contribution in [0.2, 0.25) is 0 Å². The molecule has 1 aliphatic carbocycles. The van der Waals surface area contributed by atoms with E-state index in [1.165, 1.54) is 4.68 Å². The number of carbonyl (C=O) groups is 1. The molecule has 0 saturated heterocycles. The van der Waals surface area contributed by atoms with E-state index in [1.807, 2.05) is 29.9 Å². The highest BCUT2D eigenvalue weighted by atomic mass is 16.2. The number of hydrogen-bond acceptors (Lipinski definition) is 4. The summed E-state index contributed by atoms with van der Waals surface area (Å²) >= 11 is 0. The largest absolute Gasteiger partial charge is 0.344 e. The summed E-state index contributed by atoms with van der Waals surface area (Å²) < 4.78 is 3.13. The molecule has 1 N–H and O–H groups in total. The number of imidazole rings is 1. The summed E-state index contributed by atoms with van der Waals surface area (Å²) in [6, 6.07) is 7.11. The van der Waals surface area contributed by atoms with Gasteiger partial charge in [-0.15, -0.1) is 0 Å². The highest BCUT2D eigenvalue weighted by Crippen LogP contribution is 2.40. The van der Waals surface area contributed by atoms with Crippen molar-refractivity contribution < 1.29 is 4.79 Å².